The summed E-state index contributed by atoms with van der Waals surface area (Å²) in [6, 6.07) is 5.30. The lowest BCUT2D eigenvalue weighted by Gasteiger charge is -2.52. The van der Waals surface area contributed by atoms with E-state index in [1.165, 1.54) is 0 Å². The fourth-order valence-corrected chi connectivity index (χ4v) is 5.85. The molecular weight excluding hydrogens is 295 g/mol. The van der Waals surface area contributed by atoms with E-state index in [1.807, 2.05) is 6.07 Å². The second kappa shape index (κ2) is 5.18. The molecule has 0 unspecified atom stereocenters. The number of aliphatic hydroxyl groups excluding tert-OH is 1. The first kappa shape index (κ1) is 15.4. The van der Waals surface area contributed by atoms with Crippen LogP contribution in [-0.4, -0.2) is 35.7 Å². The zero-order chi connectivity index (χ0) is 16.4. The summed E-state index contributed by atoms with van der Waals surface area (Å²) in [5, 5.41) is 20.0. The zero-order valence-electron chi connectivity index (χ0n) is 13.7. The number of fused-ring (bicyclic) bond motifs is 5. The van der Waals surface area contributed by atoms with Crippen molar-refractivity contribution in [2.75, 3.05) is 7.11 Å². The van der Waals surface area contributed by atoms with Crippen LogP contribution in [0.5, 0.6) is 5.75 Å². The van der Waals surface area contributed by atoms with Gasteiger partial charge in [-0.3, -0.25) is 0 Å². The molecule has 2 fully saturated rings. The van der Waals surface area contributed by atoms with E-state index in [-0.39, 0.29) is 35.2 Å². The fourth-order valence-electron chi connectivity index (χ4n) is 5.85. The first-order valence-electron chi connectivity index (χ1n) is 8.59. The van der Waals surface area contributed by atoms with Gasteiger partial charge in [-0.2, -0.15) is 0 Å². The van der Waals surface area contributed by atoms with Crippen LogP contribution in [0.3, 0.4) is 0 Å². The summed E-state index contributed by atoms with van der Waals surface area (Å²) >= 11 is 0. The van der Waals surface area contributed by atoms with Gasteiger partial charge in [0, 0.05) is 13.0 Å². The lowest BCUT2D eigenvalue weighted by molar-refractivity contribution is -0.0736. The second-order valence-electron chi connectivity index (χ2n) is 8.04. The predicted octanol–water partition coefficient (Wildman–Crippen LogP) is 3.18. The molecule has 0 spiro atoms. The molecule has 1 aromatic carbocycles. The molecule has 3 aliphatic rings. The minimum atomic E-state index is -0.923. The van der Waals surface area contributed by atoms with Gasteiger partial charge < -0.3 is 14.9 Å². The van der Waals surface area contributed by atoms with Crippen molar-refractivity contribution >= 4 is 0 Å². The van der Waals surface area contributed by atoms with Crippen LogP contribution < -0.4 is 0 Å². The van der Waals surface area contributed by atoms with Gasteiger partial charge in [0.2, 0.25) is 0 Å². The van der Waals surface area contributed by atoms with Crippen molar-refractivity contribution in [1.29, 1.82) is 0 Å². The highest BCUT2D eigenvalue weighted by Crippen LogP contribution is 2.62. The zero-order valence-corrected chi connectivity index (χ0v) is 13.7. The second-order valence-corrected chi connectivity index (χ2v) is 8.04. The minimum absolute atomic E-state index is 0.0533. The Hall–Kier alpha value is -1.13. The monoisotopic (exact) mass is 320 g/mol. The molecule has 23 heavy (non-hydrogen) atoms. The maximum atomic E-state index is 15.2. The molecule has 4 rings (SSSR count). The molecule has 0 aliphatic heterocycles. The number of hydrogen-bond acceptors (Lipinski definition) is 3. The van der Waals surface area contributed by atoms with Crippen LogP contribution >= 0.6 is 0 Å². The third-order valence-electron chi connectivity index (χ3n) is 6.69. The molecular formula is C19H25FO3. The number of methoxy groups -OCH3 is 1. The summed E-state index contributed by atoms with van der Waals surface area (Å²) < 4.78 is 21.0. The van der Waals surface area contributed by atoms with Crippen molar-refractivity contribution in [1.82, 2.24) is 0 Å². The molecule has 0 amide bonds. The first-order valence-corrected chi connectivity index (χ1v) is 8.59. The quantitative estimate of drug-likeness (QED) is 0.835. The molecule has 3 aliphatic carbocycles. The number of ether oxygens (including phenoxy) is 1. The van der Waals surface area contributed by atoms with E-state index in [0.717, 1.165) is 17.5 Å². The van der Waals surface area contributed by atoms with Crippen molar-refractivity contribution in [2.24, 2.45) is 17.3 Å². The highest BCUT2D eigenvalue weighted by molar-refractivity contribution is 5.42. The van der Waals surface area contributed by atoms with E-state index in [0.29, 0.717) is 25.2 Å². The maximum absolute atomic E-state index is 15.2. The third kappa shape index (κ3) is 2.22. The highest BCUT2D eigenvalue weighted by atomic mass is 19.1. The van der Waals surface area contributed by atoms with Crippen molar-refractivity contribution in [3.05, 3.63) is 29.3 Å². The molecule has 126 valence electrons. The average Bonchev–Trinajstić information content (AvgIpc) is 2.79. The number of alkyl halides is 1. The molecule has 0 radical (unpaired) electrons. The Morgan fingerprint density at radius 2 is 2.09 bits per heavy atom. The topological polar surface area (TPSA) is 49.7 Å². The molecule has 2 saturated carbocycles. The Morgan fingerprint density at radius 3 is 2.83 bits per heavy atom. The van der Waals surface area contributed by atoms with E-state index < -0.39 is 6.17 Å². The van der Waals surface area contributed by atoms with Gasteiger partial charge in [0.15, 0.2) is 0 Å². The van der Waals surface area contributed by atoms with Gasteiger partial charge in [0.25, 0.3) is 0 Å². The molecule has 3 nitrogen and oxygen atoms in total. The number of phenolic OH excluding ortho intramolecular Hbond substituents is 1. The Balaban J connectivity index is 1.81. The standard InChI is InChI=1S/C19H25FO3/c1-19-8-12(22)7-14(19)18-16(23-2)6-10-5-11(21)3-4-13(10)17(18)15(20)9-19/h3-5,12,14-18,21-22H,6-9H2,1-2H3/t12-,14+,15+,16-,17+,18-,19+/m1/s1. The van der Waals surface area contributed by atoms with Gasteiger partial charge in [-0.1, -0.05) is 13.0 Å². The van der Waals surface area contributed by atoms with Crippen LogP contribution in [0.25, 0.3) is 0 Å². The number of phenols is 1. The molecule has 2 N–H and O–H groups in total. The minimum Gasteiger partial charge on any atom is -0.508 e. The number of rotatable bonds is 1. The van der Waals surface area contributed by atoms with Gasteiger partial charge in [-0.25, -0.2) is 4.39 Å². The van der Waals surface area contributed by atoms with Crippen LogP contribution in [0.2, 0.25) is 0 Å². The van der Waals surface area contributed by atoms with Crippen LogP contribution in [-0.2, 0) is 11.2 Å². The van der Waals surface area contributed by atoms with Crippen molar-refractivity contribution in [3.8, 4) is 5.75 Å². The van der Waals surface area contributed by atoms with Gasteiger partial charge in [0.05, 0.1) is 12.2 Å². The molecule has 0 bridgehead atoms. The highest BCUT2D eigenvalue weighted by Gasteiger charge is 2.59. The number of aliphatic hydroxyl groups is 1. The molecule has 0 heterocycles. The lowest BCUT2D eigenvalue weighted by atomic mass is 9.54. The molecule has 0 aromatic heterocycles. The van der Waals surface area contributed by atoms with Gasteiger partial charge in [-0.15, -0.1) is 0 Å². The van der Waals surface area contributed by atoms with Gasteiger partial charge in [0.1, 0.15) is 11.9 Å². The summed E-state index contributed by atoms with van der Waals surface area (Å²) in [5.74, 6) is 0.432. The molecule has 7 atom stereocenters. The summed E-state index contributed by atoms with van der Waals surface area (Å²) in [5.41, 5.74) is 1.89. The normalized spacial score (nSPS) is 45.2. The molecule has 4 heteroatoms. The summed E-state index contributed by atoms with van der Waals surface area (Å²) in [4.78, 5) is 0. The lowest BCUT2D eigenvalue weighted by Crippen LogP contribution is -2.51. The third-order valence-corrected chi connectivity index (χ3v) is 6.69. The smallest absolute Gasteiger partial charge is 0.115 e. The van der Waals surface area contributed by atoms with Crippen molar-refractivity contribution in [3.63, 3.8) is 0 Å². The average molecular weight is 320 g/mol. The van der Waals surface area contributed by atoms with E-state index in [9.17, 15) is 10.2 Å². The molecule has 1 aromatic rings. The van der Waals surface area contributed by atoms with E-state index >= 15 is 4.39 Å². The number of benzene rings is 1. The van der Waals surface area contributed by atoms with Crippen LogP contribution in [0.15, 0.2) is 18.2 Å². The molecule has 0 saturated heterocycles. The van der Waals surface area contributed by atoms with Crippen LogP contribution in [0, 0.1) is 17.3 Å². The van der Waals surface area contributed by atoms with Crippen molar-refractivity contribution in [2.45, 2.75) is 56.9 Å². The first-order chi connectivity index (χ1) is 10.9. The van der Waals surface area contributed by atoms with Gasteiger partial charge in [-0.05, 0) is 66.2 Å². The fraction of sp³-hybridized carbons (Fsp3) is 0.684. The summed E-state index contributed by atoms with van der Waals surface area (Å²) in [6.45, 7) is 2.13. The Bertz CT molecular complexity index is 619. The van der Waals surface area contributed by atoms with E-state index in [4.69, 9.17) is 4.74 Å². The SMILES string of the molecule is CO[C@@H]1Cc2cc(O)ccc2[C@@H]2[C@@H]1[C@@H]1C[C@@H](O)C[C@@]1(C)C[C@@H]2F. The van der Waals surface area contributed by atoms with Crippen molar-refractivity contribution < 1.29 is 19.3 Å². The van der Waals surface area contributed by atoms with E-state index in [1.54, 1.807) is 19.2 Å². The maximum Gasteiger partial charge on any atom is 0.115 e. The van der Waals surface area contributed by atoms with E-state index in [2.05, 4.69) is 6.92 Å². The van der Waals surface area contributed by atoms with Crippen LogP contribution in [0.4, 0.5) is 4.39 Å². The summed E-state index contributed by atoms with van der Waals surface area (Å²) in [7, 11) is 1.69. The largest absolute Gasteiger partial charge is 0.508 e. The number of halogens is 1. The Labute approximate surface area is 136 Å². The van der Waals surface area contributed by atoms with Crippen LogP contribution in [0.1, 0.15) is 43.2 Å². The summed E-state index contributed by atoms with van der Waals surface area (Å²) in [6.07, 6.45) is 1.35. The Kier molecular flexibility index (Phi) is 3.47. The number of hydrogen-bond donors (Lipinski definition) is 2. The number of aromatic hydroxyl groups is 1. The Morgan fingerprint density at radius 1 is 1.30 bits per heavy atom. The predicted molar refractivity (Wildman–Crippen MR) is 85.2 cm³/mol. The van der Waals surface area contributed by atoms with Gasteiger partial charge >= 0.3 is 0 Å².